The van der Waals surface area contributed by atoms with Crippen molar-refractivity contribution in [2.75, 3.05) is 6.54 Å². The lowest BCUT2D eigenvalue weighted by Crippen LogP contribution is -2.51. The Kier molecular flexibility index (Phi) is 4.93. The third-order valence-corrected chi connectivity index (χ3v) is 4.19. The van der Waals surface area contributed by atoms with Crippen LogP contribution in [-0.4, -0.2) is 34.3 Å². The predicted molar refractivity (Wildman–Crippen MR) is 88.2 cm³/mol. The Morgan fingerprint density at radius 2 is 2.17 bits per heavy atom. The fourth-order valence-corrected chi connectivity index (χ4v) is 2.98. The van der Waals surface area contributed by atoms with Gasteiger partial charge in [0.1, 0.15) is 6.04 Å². The minimum atomic E-state index is -0.457. The molecule has 1 aliphatic heterocycles. The van der Waals surface area contributed by atoms with Crippen LogP contribution in [0.4, 0.5) is 0 Å². The molecule has 1 atom stereocenters. The number of nitrogens with zero attached hydrogens (tertiary/aromatic N) is 2. The highest BCUT2D eigenvalue weighted by molar-refractivity contribution is 5.95. The number of rotatable bonds is 4. The summed E-state index contributed by atoms with van der Waals surface area (Å²) in [7, 11) is 0. The quantitative estimate of drug-likeness (QED) is 0.935. The Hall–Kier alpha value is -2.63. The van der Waals surface area contributed by atoms with Crippen molar-refractivity contribution in [1.82, 2.24) is 15.2 Å². The molecule has 3 heterocycles. The molecule has 1 saturated heterocycles. The first-order valence-corrected chi connectivity index (χ1v) is 8.20. The Morgan fingerprint density at radius 1 is 1.29 bits per heavy atom. The van der Waals surface area contributed by atoms with Gasteiger partial charge in [-0.05, 0) is 50.5 Å². The van der Waals surface area contributed by atoms with Gasteiger partial charge in [-0.1, -0.05) is 6.07 Å². The Labute approximate surface area is 140 Å². The van der Waals surface area contributed by atoms with Crippen LogP contribution in [0.3, 0.4) is 0 Å². The van der Waals surface area contributed by atoms with Gasteiger partial charge < -0.3 is 14.6 Å². The average Bonchev–Trinajstić information content (AvgIpc) is 3.14. The molecular weight excluding hydrogens is 306 g/mol. The minimum Gasteiger partial charge on any atom is -0.459 e. The van der Waals surface area contributed by atoms with Gasteiger partial charge in [0, 0.05) is 12.2 Å². The molecule has 3 rings (SSSR count). The van der Waals surface area contributed by atoms with Crippen molar-refractivity contribution in [3.05, 3.63) is 53.7 Å². The predicted octanol–water partition coefficient (Wildman–Crippen LogP) is 2.29. The molecule has 1 unspecified atom stereocenters. The summed E-state index contributed by atoms with van der Waals surface area (Å²) >= 11 is 0. The van der Waals surface area contributed by atoms with Crippen molar-refractivity contribution in [1.29, 1.82) is 0 Å². The highest BCUT2D eigenvalue weighted by Crippen LogP contribution is 2.20. The molecule has 6 heteroatoms. The molecule has 1 fully saturated rings. The summed E-state index contributed by atoms with van der Waals surface area (Å²) < 4.78 is 5.19. The Balaban J connectivity index is 1.66. The van der Waals surface area contributed by atoms with Gasteiger partial charge in [0.2, 0.25) is 5.91 Å². The van der Waals surface area contributed by atoms with Crippen molar-refractivity contribution < 1.29 is 14.0 Å². The zero-order chi connectivity index (χ0) is 16.9. The molecule has 2 amide bonds. The van der Waals surface area contributed by atoms with Gasteiger partial charge in [0.05, 0.1) is 18.5 Å². The normalized spacial score (nSPS) is 17.5. The van der Waals surface area contributed by atoms with E-state index in [9.17, 15) is 9.59 Å². The summed E-state index contributed by atoms with van der Waals surface area (Å²) in [6.07, 6.45) is 3.97. The van der Waals surface area contributed by atoms with Crippen molar-refractivity contribution in [2.24, 2.45) is 0 Å². The molecule has 0 saturated carbocycles. The molecular formula is C18H21N3O3. The highest BCUT2D eigenvalue weighted by atomic mass is 16.3. The first kappa shape index (κ1) is 16.2. The molecule has 6 nitrogen and oxygen atoms in total. The van der Waals surface area contributed by atoms with Crippen LogP contribution >= 0.6 is 0 Å². The zero-order valence-electron chi connectivity index (χ0n) is 13.7. The summed E-state index contributed by atoms with van der Waals surface area (Å²) in [5.41, 5.74) is 1.72. The van der Waals surface area contributed by atoms with Gasteiger partial charge >= 0.3 is 0 Å². The fraction of sp³-hybridized carbons (Fsp3) is 0.389. The van der Waals surface area contributed by atoms with Crippen LogP contribution in [-0.2, 0) is 11.3 Å². The summed E-state index contributed by atoms with van der Waals surface area (Å²) in [6.45, 7) is 2.84. The second-order valence-corrected chi connectivity index (χ2v) is 5.98. The number of hydrogen-bond donors (Lipinski definition) is 1. The van der Waals surface area contributed by atoms with Crippen LogP contribution in [0.15, 0.2) is 41.0 Å². The van der Waals surface area contributed by atoms with Gasteiger partial charge in [0.25, 0.3) is 5.91 Å². The maximum absolute atomic E-state index is 12.6. The lowest BCUT2D eigenvalue weighted by atomic mass is 10.0. The smallest absolute Gasteiger partial charge is 0.290 e. The first-order valence-electron chi connectivity index (χ1n) is 8.20. The SMILES string of the molecule is Cc1cccc(CNC(=O)C2CCCCN2C(=O)c2ccco2)n1. The molecule has 0 bridgehead atoms. The highest BCUT2D eigenvalue weighted by Gasteiger charge is 2.33. The van der Waals surface area contributed by atoms with E-state index in [0.717, 1.165) is 24.2 Å². The van der Waals surface area contributed by atoms with Crippen LogP contribution in [0, 0.1) is 6.92 Å². The average molecular weight is 327 g/mol. The van der Waals surface area contributed by atoms with E-state index in [0.29, 0.717) is 19.5 Å². The van der Waals surface area contributed by atoms with Gasteiger partial charge in [-0.25, -0.2) is 0 Å². The van der Waals surface area contributed by atoms with Crippen molar-refractivity contribution >= 4 is 11.8 Å². The largest absolute Gasteiger partial charge is 0.459 e. The summed E-state index contributed by atoms with van der Waals surface area (Å²) in [4.78, 5) is 31.1. The van der Waals surface area contributed by atoms with Crippen molar-refractivity contribution in [2.45, 2.75) is 38.8 Å². The number of carbonyl (C=O) groups excluding carboxylic acids is 2. The number of pyridine rings is 1. The van der Waals surface area contributed by atoms with E-state index in [-0.39, 0.29) is 17.6 Å². The number of nitrogens with one attached hydrogen (secondary N) is 1. The minimum absolute atomic E-state index is 0.141. The van der Waals surface area contributed by atoms with Gasteiger partial charge in [0.15, 0.2) is 5.76 Å². The molecule has 126 valence electrons. The molecule has 1 aliphatic rings. The third kappa shape index (κ3) is 3.64. The van der Waals surface area contributed by atoms with E-state index in [1.54, 1.807) is 17.0 Å². The number of piperidine rings is 1. The second kappa shape index (κ2) is 7.29. The number of hydrogen-bond acceptors (Lipinski definition) is 4. The number of likely N-dealkylation sites (tertiary alicyclic amines) is 1. The number of aromatic nitrogens is 1. The Bertz CT molecular complexity index is 712. The molecule has 0 aliphatic carbocycles. The monoisotopic (exact) mass is 327 g/mol. The van der Waals surface area contributed by atoms with E-state index in [4.69, 9.17) is 4.42 Å². The number of aryl methyl sites for hydroxylation is 1. The van der Waals surface area contributed by atoms with Gasteiger partial charge in [-0.2, -0.15) is 0 Å². The van der Waals surface area contributed by atoms with Crippen LogP contribution < -0.4 is 5.32 Å². The van der Waals surface area contributed by atoms with Crippen LogP contribution in [0.5, 0.6) is 0 Å². The van der Waals surface area contributed by atoms with Crippen molar-refractivity contribution in [3.63, 3.8) is 0 Å². The second-order valence-electron chi connectivity index (χ2n) is 5.98. The van der Waals surface area contributed by atoms with Gasteiger partial charge in [-0.15, -0.1) is 0 Å². The maximum Gasteiger partial charge on any atom is 0.290 e. The van der Waals surface area contributed by atoms with Gasteiger partial charge in [-0.3, -0.25) is 14.6 Å². The molecule has 24 heavy (non-hydrogen) atoms. The standard InChI is InChI=1S/C18H21N3O3/c1-13-6-4-7-14(20-13)12-19-17(22)15-8-2-3-10-21(15)18(23)16-9-5-11-24-16/h4-7,9,11,15H,2-3,8,10,12H2,1H3,(H,19,22). The molecule has 2 aromatic rings. The third-order valence-electron chi connectivity index (χ3n) is 4.19. The number of furan rings is 1. The molecule has 0 spiro atoms. The maximum atomic E-state index is 12.6. The van der Waals surface area contributed by atoms with E-state index >= 15 is 0 Å². The molecule has 1 N–H and O–H groups in total. The van der Waals surface area contributed by atoms with Crippen LogP contribution in [0.1, 0.15) is 41.2 Å². The zero-order valence-corrected chi connectivity index (χ0v) is 13.7. The molecule has 0 aromatic carbocycles. The number of amides is 2. The summed E-state index contributed by atoms with van der Waals surface area (Å²) in [5.74, 6) is -0.0958. The molecule has 0 radical (unpaired) electrons. The summed E-state index contributed by atoms with van der Waals surface area (Å²) in [6, 6.07) is 8.55. The van der Waals surface area contributed by atoms with E-state index in [2.05, 4.69) is 10.3 Å². The number of carbonyl (C=O) groups is 2. The lowest BCUT2D eigenvalue weighted by molar-refractivity contribution is -0.126. The summed E-state index contributed by atoms with van der Waals surface area (Å²) in [5, 5.41) is 2.90. The Morgan fingerprint density at radius 3 is 2.92 bits per heavy atom. The van der Waals surface area contributed by atoms with Crippen molar-refractivity contribution in [3.8, 4) is 0 Å². The lowest BCUT2D eigenvalue weighted by Gasteiger charge is -2.34. The topological polar surface area (TPSA) is 75.4 Å². The first-order chi connectivity index (χ1) is 11.6. The van der Waals surface area contributed by atoms with Crippen LogP contribution in [0.2, 0.25) is 0 Å². The van der Waals surface area contributed by atoms with E-state index in [1.807, 2.05) is 25.1 Å². The molecule has 2 aromatic heterocycles. The van der Waals surface area contributed by atoms with E-state index in [1.165, 1.54) is 6.26 Å². The van der Waals surface area contributed by atoms with Crippen LogP contribution in [0.25, 0.3) is 0 Å². The fourth-order valence-electron chi connectivity index (χ4n) is 2.98. The van der Waals surface area contributed by atoms with E-state index < -0.39 is 6.04 Å².